The van der Waals surface area contributed by atoms with Crippen LogP contribution in [0.5, 0.6) is 0 Å². The first-order valence-corrected chi connectivity index (χ1v) is 7.07. The zero-order valence-electron chi connectivity index (χ0n) is 12.0. The molecule has 0 aliphatic carbocycles. The van der Waals surface area contributed by atoms with Crippen molar-refractivity contribution in [1.82, 2.24) is 4.98 Å². The number of benzene rings is 1. The summed E-state index contributed by atoms with van der Waals surface area (Å²) in [6.07, 6.45) is 2.35. The number of H-pyrrole nitrogens is 1. The standard InChI is InChI=1S/C16H24N2/c1-12(2)9-10-18-15-8-6-5-7-14(15)17-16(18)11-13(3)4/h5-8,12-13H,9-11H2,1-4H3/p+1. The number of para-hydroxylation sites is 2. The molecule has 0 amide bonds. The van der Waals surface area contributed by atoms with E-state index >= 15 is 0 Å². The first-order chi connectivity index (χ1) is 8.58. The molecule has 1 heterocycles. The molecule has 18 heavy (non-hydrogen) atoms. The van der Waals surface area contributed by atoms with E-state index in [1.807, 2.05) is 0 Å². The Labute approximate surface area is 110 Å². The second-order valence-electron chi connectivity index (χ2n) is 6.02. The van der Waals surface area contributed by atoms with Crippen LogP contribution >= 0.6 is 0 Å². The largest absolute Gasteiger partial charge is 0.255 e. The maximum atomic E-state index is 3.58. The van der Waals surface area contributed by atoms with Crippen molar-refractivity contribution in [2.75, 3.05) is 0 Å². The Morgan fingerprint density at radius 3 is 2.44 bits per heavy atom. The Hall–Kier alpha value is -1.31. The molecular weight excluding hydrogens is 220 g/mol. The lowest BCUT2D eigenvalue weighted by Crippen LogP contribution is -2.38. The molecule has 0 atom stereocenters. The van der Waals surface area contributed by atoms with Crippen molar-refractivity contribution >= 4 is 11.0 Å². The molecule has 0 aliphatic heterocycles. The van der Waals surface area contributed by atoms with E-state index in [0.717, 1.165) is 18.9 Å². The van der Waals surface area contributed by atoms with Gasteiger partial charge in [-0.15, -0.1) is 0 Å². The molecule has 0 bridgehead atoms. The topological polar surface area (TPSA) is 19.7 Å². The highest BCUT2D eigenvalue weighted by Crippen LogP contribution is 2.13. The summed E-state index contributed by atoms with van der Waals surface area (Å²) in [5.74, 6) is 2.80. The van der Waals surface area contributed by atoms with Gasteiger partial charge in [-0.1, -0.05) is 39.8 Å². The predicted octanol–water partition coefficient (Wildman–Crippen LogP) is 3.70. The number of fused-ring (bicyclic) bond motifs is 1. The summed E-state index contributed by atoms with van der Waals surface area (Å²) >= 11 is 0. The summed E-state index contributed by atoms with van der Waals surface area (Å²) in [7, 11) is 0. The van der Waals surface area contributed by atoms with Gasteiger partial charge in [0.25, 0.3) is 5.82 Å². The molecule has 2 rings (SSSR count). The van der Waals surface area contributed by atoms with Gasteiger partial charge >= 0.3 is 0 Å². The Balaban J connectivity index is 2.37. The van der Waals surface area contributed by atoms with Crippen LogP contribution in [0.15, 0.2) is 24.3 Å². The number of nitrogens with zero attached hydrogens (tertiary/aromatic N) is 1. The molecule has 0 saturated carbocycles. The van der Waals surface area contributed by atoms with Crippen molar-refractivity contribution < 1.29 is 4.57 Å². The lowest BCUT2D eigenvalue weighted by atomic mass is 10.1. The van der Waals surface area contributed by atoms with Crippen LogP contribution in [0.25, 0.3) is 11.0 Å². The minimum Gasteiger partial charge on any atom is -0.241 e. The fourth-order valence-electron chi connectivity index (χ4n) is 2.37. The molecular formula is C16H25N2+. The van der Waals surface area contributed by atoms with Gasteiger partial charge in [-0.2, -0.15) is 0 Å². The van der Waals surface area contributed by atoms with Crippen LogP contribution in [0.2, 0.25) is 0 Å². The Bertz CT molecular complexity index is 509. The summed E-state index contributed by atoms with van der Waals surface area (Å²) < 4.78 is 2.47. The van der Waals surface area contributed by atoms with Gasteiger partial charge in [0.2, 0.25) is 0 Å². The molecule has 0 aliphatic rings. The van der Waals surface area contributed by atoms with E-state index < -0.39 is 0 Å². The van der Waals surface area contributed by atoms with Gasteiger partial charge in [0.15, 0.2) is 11.0 Å². The Morgan fingerprint density at radius 1 is 1.06 bits per heavy atom. The molecule has 0 unspecified atom stereocenters. The Kier molecular flexibility index (Phi) is 4.05. The van der Waals surface area contributed by atoms with E-state index in [0.29, 0.717) is 5.92 Å². The number of aromatic nitrogens is 2. The summed E-state index contributed by atoms with van der Waals surface area (Å²) in [6, 6.07) is 8.62. The Morgan fingerprint density at radius 2 is 1.78 bits per heavy atom. The SMILES string of the molecule is CC(C)CC[n+]1c(CC(C)C)[nH]c2ccccc21. The molecule has 0 radical (unpaired) electrons. The van der Waals surface area contributed by atoms with Gasteiger partial charge in [0, 0.05) is 0 Å². The number of nitrogens with one attached hydrogen (secondary N) is 1. The monoisotopic (exact) mass is 245 g/mol. The van der Waals surface area contributed by atoms with Crippen molar-refractivity contribution in [1.29, 1.82) is 0 Å². The van der Waals surface area contributed by atoms with E-state index in [4.69, 9.17) is 0 Å². The van der Waals surface area contributed by atoms with Gasteiger partial charge in [0.05, 0.1) is 13.0 Å². The van der Waals surface area contributed by atoms with Crippen molar-refractivity contribution in [3.05, 3.63) is 30.1 Å². The average molecular weight is 245 g/mol. The second kappa shape index (κ2) is 5.55. The van der Waals surface area contributed by atoms with E-state index in [1.165, 1.54) is 23.3 Å². The van der Waals surface area contributed by atoms with Crippen LogP contribution < -0.4 is 4.57 Å². The third kappa shape index (κ3) is 2.92. The minimum atomic E-state index is 0.684. The van der Waals surface area contributed by atoms with Crippen molar-refractivity contribution in [3.8, 4) is 0 Å². The number of rotatable bonds is 5. The van der Waals surface area contributed by atoms with Gasteiger partial charge < -0.3 is 0 Å². The third-order valence-electron chi connectivity index (χ3n) is 3.33. The molecule has 2 heteroatoms. The number of aryl methyl sites for hydroxylation is 1. The van der Waals surface area contributed by atoms with Crippen molar-refractivity contribution in [2.45, 2.75) is 47.1 Å². The molecule has 2 aromatic rings. The number of aromatic amines is 1. The van der Waals surface area contributed by atoms with Crippen molar-refractivity contribution in [2.24, 2.45) is 11.8 Å². The fourth-order valence-corrected chi connectivity index (χ4v) is 2.37. The third-order valence-corrected chi connectivity index (χ3v) is 3.33. The predicted molar refractivity (Wildman–Crippen MR) is 76.5 cm³/mol. The smallest absolute Gasteiger partial charge is 0.241 e. The summed E-state index contributed by atoms with van der Waals surface area (Å²) in [6.45, 7) is 10.2. The van der Waals surface area contributed by atoms with E-state index in [-0.39, 0.29) is 0 Å². The zero-order chi connectivity index (χ0) is 13.1. The molecule has 98 valence electrons. The minimum absolute atomic E-state index is 0.684. The van der Waals surface area contributed by atoms with Crippen molar-refractivity contribution in [3.63, 3.8) is 0 Å². The van der Waals surface area contributed by atoms with Crippen LogP contribution in [0, 0.1) is 11.8 Å². The average Bonchev–Trinajstić information content (AvgIpc) is 2.62. The number of hydrogen-bond acceptors (Lipinski definition) is 0. The highest BCUT2D eigenvalue weighted by atomic mass is 15.1. The lowest BCUT2D eigenvalue weighted by Gasteiger charge is -2.06. The second-order valence-corrected chi connectivity index (χ2v) is 6.02. The first kappa shape index (κ1) is 13.1. The highest BCUT2D eigenvalue weighted by molar-refractivity contribution is 5.71. The van der Waals surface area contributed by atoms with Crippen LogP contribution in [0.3, 0.4) is 0 Å². The lowest BCUT2D eigenvalue weighted by molar-refractivity contribution is -0.680. The zero-order valence-corrected chi connectivity index (χ0v) is 12.0. The van der Waals surface area contributed by atoms with Gasteiger partial charge in [-0.25, -0.2) is 9.55 Å². The summed E-state index contributed by atoms with van der Waals surface area (Å²) in [5.41, 5.74) is 2.60. The van der Waals surface area contributed by atoms with Crippen LogP contribution in [0.1, 0.15) is 39.9 Å². The van der Waals surface area contributed by atoms with Crippen LogP contribution in [-0.2, 0) is 13.0 Å². The number of hydrogen-bond donors (Lipinski definition) is 1. The fraction of sp³-hybridized carbons (Fsp3) is 0.562. The first-order valence-electron chi connectivity index (χ1n) is 7.07. The summed E-state index contributed by atoms with van der Waals surface area (Å²) in [4.78, 5) is 3.58. The molecule has 2 nitrogen and oxygen atoms in total. The molecule has 1 aromatic carbocycles. The summed E-state index contributed by atoms with van der Waals surface area (Å²) in [5, 5.41) is 0. The molecule has 0 saturated heterocycles. The van der Waals surface area contributed by atoms with E-state index in [9.17, 15) is 0 Å². The van der Waals surface area contributed by atoms with Gasteiger partial charge in [-0.3, -0.25) is 0 Å². The maximum Gasteiger partial charge on any atom is 0.255 e. The molecule has 0 fully saturated rings. The normalized spacial score (nSPS) is 11.9. The van der Waals surface area contributed by atoms with Crippen LogP contribution in [0.4, 0.5) is 0 Å². The maximum absolute atomic E-state index is 3.58. The molecule has 0 spiro atoms. The van der Waals surface area contributed by atoms with E-state index in [1.54, 1.807) is 0 Å². The molecule has 1 N–H and O–H groups in total. The van der Waals surface area contributed by atoms with Crippen LogP contribution in [-0.4, -0.2) is 4.98 Å². The molecule has 1 aromatic heterocycles. The van der Waals surface area contributed by atoms with Gasteiger partial charge in [0.1, 0.15) is 0 Å². The van der Waals surface area contributed by atoms with E-state index in [2.05, 4.69) is 61.5 Å². The highest BCUT2D eigenvalue weighted by Gasteiger charge is 2.18. The van der Waals surface area contributed by atoms with Gasteiger partial charge in [-0.05, 0) is 30.4 Å². The number of imidazole rings is 1. The quantitative estimate of drug-likeness (QED) is 0.775.